The number of anilines is 1. The van der Waals surface area contributed by atoms with Gasteiger partial charge >= 0.3 is 0 Å². The molecule has 2 aliphatic rings. The van der Waals surface area contributed by atoms with Gasteiger partial charge in [0.2, 0.25) is 11.8 Å². The summed E-state index contributed by atoms with van der Waals surface area (Å²) in [6.07, 6.45) is 9.72. The Morgan fingerprint density at radius 2 is 1.84 bits per heavy atom. The second kappa shape index (κ2) is 12.0. The zero-order valence-corrected chi connectivity index (χ0v) is 23.7. The molecular weight excluding hydrogens is 550 g/mol. The van der Waals surface area contributed by atoms with E-state index in [4.69, 9.17) is 9.72 Å². The largest absolute Gasteiger partial charge is 0.494 e. The molecule has 12 nitrogen and oxygen atoms in total. The van der Waals surface area contributed by atoms with Crippen LogP contribution in [0.25, 0.3) is 22.3 Å². The number of aryl methyl sites for hydroxylation is 1. The number of hydrogen-bond acceptors (Lipinski definition) is 9. The molecule has 4 amide bonds. The molecule has 2 aromatic carbocycles. The van der Waals surface area contributed by atoms with Crippen LogP contribution >= 0.6 is 0 Å². The number of ether oxygens (including phenoxy) is 1. The van der Waals surface area contributed by atoms with E-state index in [0.717, 1.165) is 65.1 Å². The van der Waals surface area contributed by atoms with Crippen molar-refractivity contribution in [2.24, 2.45) is 0 Å². The maximum atomic E-state index is 13.0. The van der Waals surface area contributed by atoms with Crippen LogP contribution in [-0.2, 0) is 16.1 Å². The summed E-state index contributed by atoms with van der Waals surface area (Å²) in [5, 5.41) is 10.0. The van der Waals surface area contributed by atoms with E-state index in [9.17, 15) is 19.2 Å². The van der Waals surface area contributed by atoms with Crippen molar-refractivity contribution in [3.63, 3.8) is 0 Å². The van der Waals surface area contributed by atoms with Gasteiger partial charge in [0.05, 0.1) is 41.8 Å². The van der Waals surface area contributed by atoms with Gasteiger partial charge in [-0.1, -0.05) is 18.9 Å². The van der Waals surface area contributed by atoms with Crippen molar-refractivity contribution >= 4 is 40.3 Å². The number of benzene rings is 2. The van der Waals surface area contributed by atoms with Gasteiger partial charge in [-0.05, 0) is 49.6 Å². The number of imide groups is 2. The first-order valence-corrected chi connectivity index (χ1v) is 14.3. The number of methoxy groups -OCH3 is 1. The number of amides is 4. The van der Waals surface area contributed by atoms with E-state index < -0.39 is 29.7 Å². The lowest BCUT2D eigenvalue weighted by atomic mass is 10.0. The second-order valence-corrected chi connectivity index (χ2v) is 10.6. The average molecular weight is 582 g/mol. The number of fused-ring (bicyclic) bond motifs is 2. The molecule has 4 aromatic rings. The van der Waals surface area contributed by atoms with Crippen LogP contribution in [0.3, 0.4) is 0 Å². The van der Waals surface area contributed by atoms with Crippen LogP contribution in [0.4, 0.5) is 5.69 Å². The topological polar surface area (TPSA) is 148 Å². The number of hydrogen-bond donors (Lipinski definition) is 2. The standard InChI is InChI=1S/C31H31N7O5/c1-43-26-8-6-7-23-28(26)35-24(17-33-23)19-16-34-37(18-19)14-5-3-2-4-13-32-20-9-10-21-22(15-20)31(42)38(30(21)41)25-11-12-27(39)36-29(25)40/h6-10,15-18,25,32H,2-5,11-14H2,1H3,(H,36,39,40). The number of unbranched alkanes of at least 4 members (excludes halogenated alkanes) is 3. The predicted molar refractivity (Wildman–Crippen MR) is 157 cm³/mol. The zero-order valence-electron chi connectivity index (χ0n) is 23.7. The van der Waals surface area contributed by atoms with E-state index in [2.05, 4.69) is 20.7 Å². The lowest BCUT2D eigenvalue weighted by Crippen LogP contribution is -2.54. The monoisotopic (exact) mass is 581 g/mol. The van der Waals surface area contributed by atoms with Crippen LogP contribution in [0.15, 0.2) is 55.0 Å². The van der Waals surface area contributed by atoms with Gasteiger partial charge in [-0.25, -0.2) is 4.98 Å². The molecule has 1 saturated heterocycles. The first kappa shape index (κ1) is 28.0. The molecule has 2 N–H and O–H groups in total. The van der Waals surface area contributed by atoms with Crippen LogP contribution in [0.5, 0.6) is 5.75 Å². The normalized spacial score (nSPS) is 16.5. The third-order valence-corrected chi connectivity index (χ3v) is 7.77. The van der Waals surface area contributed by atoms with Gasteiger partial charge < -0.3 is 10.1 Å². The highest BCUT2D eigenvalue weighted by Crippen LogP contribution is 2.30. The third kappa shape index (κ3) is 5.68. The molecule has 2 aliphatic heterocycles. The molecular formula is C31H31N7O5. The van der Waals surface area contributed by atoms with Crippen molar-refractivity contribution in [2.45, 2.75) is 51.1 Å². The Morgan fingerprint density at radius 3 is 2.67 bits per heavy atom. The van der Waals surface area contributed by atoms with Crippen molar-refractivity contribution in [1.82, 2.24) is 30.0 Å². The van der Waals surface area contributed by atoms with Crippen molar-refractivity contribution in [3.05, 3.63) is 66.1 Å². The summed E-state index contributed by atoms with van der Waals surface area (Å²) in [6.45, 7) is 1.51. The molecule has 0 bridgehead atoms. The number of rotatable bonds is 11. The zero-order chi connectivity index (χ0) is 29.9. The minimum atomic E-state index is -0.966. The highest BCUT2D eigenvalue weighted by molar-refractivity contribution is 6.23. The minimum Gasteiger partial charge on any atom is -0.494 e. The maximum absolute atomic E-state index is 13.0. The van der Waals surface area contributed by atoms with E-state index in [1.165, 1.54) is 0 Å². The number of carbonyl (C=O) groups excluding carboxylic acids is 4. The summed E-state index contributed by atoms with van der Waals surface area (Å²) < 4.78 is 7.34. The van der Waals surface area contributed by atoms with Gasteiger partial charge in [0.25, 0.3) is 11.8 Å². The lowest BCUT2D eigenvalue weighted by molar-refractivity contribution is -0.136. The Hall–Kier alpha value is -5.13. The highest BCUT2D eigenvalue weighted by atomic mass is 16.5. The number of aromatic nitrogens is 4. The quantitative estimate of drug-likeness (QED) is 0.200. The van der Waals surface area contributed by atoms with E-state index in [-0.39, 0.29) is 24.0 Å². The van der Waals surface area contributed by atoms with Crippen molar-refractivity contribution in [3.8, 4) is 17.0 Å². The molecule has 0 saturated carbocycles. The van der Waals surface area contributed by atoms with Gasteiger partial charge in [-0.3, -0.25) is 39.1 Å². The van der Waals surface area contributed by atoms with Gasteiger partial charge in [-0.15, -0.1) is 0 Å². The van der Waals surface area contributed by atoms with Gasteiger partial charge in [0.15, 0.2) is 0 Å². The number of carbonyl (C=O) groups is 4. The Morgan fingerprint density at radius 1 is 1.00 bits per heavy atom. The molecule has 1 atom stereocenters. The highest BCUT2D eigenvalue weighted by Gasteiger charge is 2.44. The number of nitrogens with one attached hydrogen (secondary N) is 2. The third-order valence-electron chi connectivity index (χ3n) is 7.77. The molecule has 2 aromatic heterocycles. The number of para-hydroxylation sites is 1. The molecule has 220 valence electrons. The smallest absolute Gasteiger partial charge is 0.262 e. The van der Waals surface area contributed by atoms with E-state index >= 15 is 0 Å². The SMILES string of the molecule is COc1cccc2ncc(-c3cnn(CCCCCCNc4ccc5c(c4)C(=O)N(C4CCC(=O)NC4=O)C5=O)c3)nc12. The minimum absolute atomic E-state index is 0.0934. The Balaban J connectivity index is 0.952. The first-order valence-electron chi connectivity index (χ1n) is 14.3. The number of nitrogens with zero attached hydrogens (tertiary/aromatic N) is 5. The van der Waals surface area contributed by atoms with Crippen LogP contribution in [-0.4, -0.2) is 68.0 Å². The fourth-order valence-corrected chi connectivity index (χ4v) is 5.50. The van der Waals surface area contributed by atoms with Crippen molar-refractivity contribution in [1.29, 1.82) is 0 Å². The van der Waals surface area contributed by atoms with Crippen LogP contribution in [0, 0.1) is 0 Å². The van der Waals surface area contributed by atoms with Crippen LogP contribution in [0.2, 0.25) is 0 Å². The average Bonchev–Trinajstić information content (AvgIpc) is 3.58. The summed E-state index contributed by atoms with van der Waals surface area (Å²) in [6, 6.07) is 9.74. The number of piperidine rings is 1. The maximum Gasteiger partial charge on any atom is 0.262 e. The van der Waals surface area contributed by atoms with Crippen LogP contribution in [0.1, 0.15) is 59.2 Å². The fraction of sp³-hybridized carbons (Fsp3) is 0.323. The summed E-state index contributed by atoms with van der Waals surface area (Å²) in [4.78, 5) is 59.8. The Bertz CT molecular complexity index is 1730. The molecule has 1 fully saturated rings. The predicted octanol–water partition coefficient (Wildman–Crippen LogP) is 3.58. The van der Waals surface area contributed by atoms with E-state index in [1.807, 2.05) is 29.1 Å². The van der Waals surface area contributed by atoms with E-state index in [0.29, 0.717) is 12.3 Å². The van der Waals surface area contributed by atoms with Gasteiger partial charge in [0, 0.05) is 37.0 Å². The van der Waals surface area contributed by atoms with Crippen molar-refractivity contribution in [2.75, 3.05) is 19.0 Å². The Kier molecular flexibility index (Phi) is 7.82. The Labute approximate surface area is 247 Å². The molecule has 4 heterocycles. The van der Waals surface area contributed by atoms with E-state index in [1.54, 1.807) is 37.7 Å². The molecule has 12 heteroatoms. The van der Waals surface area contributed by atoms with Gasteiger partial charge in [-0.2, -0.15) is 5.10 Å². The first-order chi connectivity index (χ1) is 20.9. The van der Waals surface area contributed by atoms with Crippen molar-refractivity contribution < 1.29 is 23.9 Å². The fourth-order valence-electron chi connectivity index (χ4n) is 5.50. The molecule has 1 unspecified atom stereocenters. The molecule has 43 heavy (non-hydrogen) atoms. The van der Waals surface area contributed by atoms with Crippen LogP contribution < -0.4 is 15.4 Å². The summed E-state index contributed by atoms with van der Waals surface area (Å²) in [7, 11) is 1.62. The second-order valence-electron chi connectivity index (χ2n) is 10.6. The molecule has 0 aliphatic carbocycles. The summed E-state index contributed by atoms with van der Waals surface area (Å²) in [5.74, 6) is -1.33. The molecule has 6 rings (SSSR count). The molecule has 0 radical (unpaired) electrons. The lowest BCUT2D eigenvalue weighted by Gasteiger charge is -2.27. The summed E-state index contributed by atoms with van der Waals surface area (Å²) >= 11 is 0. The van der Waals surface area contributed by atoms with Gasteiger partial charge in [0.1, 0.15) is 17.3 Å². The molecule has 0 spiro atoms. The summed E-state index contributed by atoms with van der Waals surface area (Å²) in [5.41, 5.74) is 4.43.